The number of carbonyl (C=O) groups excluding carboxylic acids is 2. The number of fused-ring (bicyclic) bond motifs is 2. The molecule has 0 unspecified atom stereocenters. The van der Waals surface area contributed by atoms with Crippen molar-refractivity contribution in [2.75, 3.05) is 14.2 Å². The zero-order valence-corrected chi connectivity index (χ0v) is 23.5. The molecule has 12 heteroatoms. The van der Waals surface area contributed by atoms with Crippen LogP contribution < -0.4 is 11.0 Å². The Kier molecular flexibility index (Phi) is 6.25. The number of amides is 1. The average molecular weight is 568 g/mol. The van der Waals surface area contributed by atoms with E-state index in [1.165, 1.54) is 26.3 Å². The maximum atomic E-state index is 15.0. The molecule has 0 bridgehead atoms. The van der Waals surface area contributed by atoms with Crippen LogP contribution in [0.1, 0.15) is 20.7 Å². The second kappa shape index (κ2) is 9.84. The number of carbonyl (C=O) groups is 2. The topological polar surface area (TPSA) is 118 Å². The van der Waals surface area contributed by atoms with Crippen molar-refractivity contribution in [2.45, 2.75) is 0 Å². The first-order chi connectivity index (χ1) is 20.1. The zero-order valence-electron chi connectivity index (χ0n) is 23.5. The first-order valence-electron chi connectivity index (χ1n) is 12.9. The molecule has 0 aliphatic rings. The van der Waals surface area contributed by atoms with Crippen LogP contribution >= 0.6 is 0 Å². The van der Waals surface area contributed by atoms with Crippen LogP contribution in [-0.2, 0) is 25.9 Å². The average Bonchev–Trinajstić information content (AvgIpc) is 3.65. The van der Waals surface area contributed by atoms with Crippen molar-refractivity contribution < 1.29 is 18.7 Å². The second-order valence-electron chi connectivity index (χ2n) is 9.89. The SMILES string of the molecule is CNC(=O)c1ccc(-c2cc3nc(-c4cncn4C)n(-c4ccc5c(c4)n(C)c(=O)n5C)c3cc2C(=O)OC)cc1F. The highest BCUT2D eigenvalue weighted by atomic mass is 19.1. The number of methoxy groups -OCH3 is 1. The quantitative estimate of drug-likeness (QED) is 0.318. The van der Waals surface area contributed by atoms with Gasteiger partial charge in [0.15, 0.2) is 5.82 Å². The van der Waals surface area contributed by atoms with Crippen molar-refractivity contribution in [3.63, 3.8) is 0 Å². The molecule has 0 saturated carbocycles. The molecule has 6 aromatic rings. The summed E-state index contributed by atoms with van der Waals surface area (Å²) < 4.78 is 26.9. The highest BCUT2D eigenvalue weighted by molar-refractivity contribution is 6.03. The summed E-state index contributed by atoms with van der Waals surface area (Å²) in [4.78, 5) is 46.9. The third kappa shape index (κ3) is 3.99. The molecule has 0 atom stereocenters. The van der Waals surface area contributed by atoms with Crippen LogP contribution in [0.25, 0.3) is 50.4 Å². The molecule has 6 rings (SSSR count). The van der Waals surface area contributed by atoms with Crippen molar-refractivity contribution >= 4 is 33.9 Å². The summed E-state index contributed by atoms with van der Waals surface area (Å²) in [6, 6.07) is 13.1. The van der Waals surface area contributed by atoms with Crippen molar-refractivity contribution in [2.24, 2.45) is 21.1 Å². The van der Waals surface area contributed by atoms with Crippen molar-refractivity contribution in [3.8, 4) is 28.3 Å². The van der Waals surface area contributed by atoms with Gasteiger partial charge in [-0.2, -0.15) is 0 Å². The van der Waals surface area contributed by atoms with Gasteiger partial charge in [-0.25, -0.2) is 23.9 Å². The molecule has 42 heavy (non-hydrogen) atoms. The molecule has 0 radical (unpaired) electrons. The smallest absolute Gasteiger partial charge is 0.338 e. The molecular formula is C30H26FN7O4. The Labute approximate surface area is 238 Å². The molecule has 0 aliphatic heterocycles. The first-order valence-corrected chi connectivity index (χ1v) is 12.9. The Morgan fingerprint density at radius 1 is 0.929 bits per heavy atom. The number of halogens is 1. The number of hydrogen-bond donors (Lipinski definition) is 1. The minimum absolute atomic E-state index is 0.115. The molecule has 0 aliphatic carbocycles. The number of nitrogens with one attached hydrogen (secondary N) is 1. The van der Waals surface area contributed by atoms with Gasteiger partial charge < -0.3 is 14.6 Å². The molecule has 11 nitrogen and oxygen atoms in total. The van der Waals surface area contributed by atoms with Crippen LogP contribution in [-0.4, -0.2) is 54.3 Å². The summed E-state index contributed by atoms with van der Waals surface area (Å²) in [5.74, 6) is -1.38. The Morgan fingerprint density at radius 2 is 1.69 bits per heavy atom. The number of esters is 1. The molecule has 3 aromatic heterocycles. The van der Waals surface area contributed by atoms with Gasteiger partial charge in [-0.3, -0.25) is 18.5 Å². The van der Waals surface area contributed by atoms with Crippen molar-refractivity contribution in [1.29, 1.82) is 0 Å². The highest BCUT2D eigenvalue weighted by Gasteiger charge is 2.23. The molecule has 3 aromatic carbocycles. The van der Waals surface area contributed by atoms with Gasteiger partial charge in [0, 0.05) is 33.9 Å². The van der Waals surface area contributed by atoms with Gasteiger partial charge in [0.25, 0.3) is 5.91 Å². The van der Waals surface area contributed by atoms with E-state index >= 15 is 0 Å². The van der Waals surface area contributed by atoms with Crippen LogP contribution in [0.3, 0.4) is 0 Å². The summed E-state index contributed by atoms with van der Waals surface area (Å²) in [7, 11) is 7.96. The predicted molar refractivity (Wildman–Crippen MR) is 155 cm³/mol. The van der Waals surface area contributed by atoms with Gasteiger partial charge in [0.1, 0.15) is 11.5 Å². The monoisotopic (exact) mass is 567 g/mol. The van der Waals surface area contributed by atoms with E-state index in [1.54, 1.807) is 54.0 Å². The van der Waals surface area contributed by atoms with Crippen molar-refractivity contribution in [1.82, 2.24) is 33.6 Å². The molecule has 0 spiro atoms. The standard InChI is InChI=1S/C30H26FN7O4/c1-32-28(39)18-8-6-16(10-21(18)31)19-12-22-24(13-20(19)29(40)42-5)38(27(34-22)26-14-33-15-35(26)2)17-7-9-23-25(11-17)37(4)30(41)36(23)3/h6-15H,1-5H3,(H,32,39). The molecule has 0 saturated heterocycles. The number of ether oxygens (including phenoxy) is 1. The van der Waals surface area contributed by atoms with Gasteiger partial charge in [0.2, 0.25) is 0 Å². The van der Waals surface area contributed by atoms with Gasteiger partial charge in [-0.05, 0) is 53.6 Å². The van der Waals surface area contributed by atoms with E-state index < -0.39 is 17.7 Å². The molecule has 1 amide bonds. The Bertz CT molecular complexity index is 2130. The fraction of sp³-hybridized carbons (Fsp3) is 0.167. The molecular weight excluding hydrogens is 541 g/mol. The zero-order chi connectivity index (χ0) is 29.9. The lowest BCUT2D eigenvalue weighted by atomic mass is 9.97. The fourth-order valence-electron chi connectivity index (χ4n) is 5.28. The number of rotatable bonds is 5. The lowest BCUT2D eigenvalue weighted by molar-refractivity contribution is 0.0601. The molecule has 212 valence electrons. The van der Waals surface area contributed by atoms with Gasteiger partial charge in [-0.1, -0.05) is 6.07 Å². The number of aryl methyl sites for hydroxylation is 3. The van der Waals surface area contributed by atoms with Gasteiger partial charge in [0.05, 0.1) is 52.8 Å². The maximum Gasteiger partial charge on any atom is 0.338 e. The molecule has 0 fully saturated rings. The van der Waals surface area contributed by atoms with E-state index in [0.717, 1.165) is 5.52 Å². The van der Waals surface area contributed by atoms with Crippen LogP contribution in [0.4, 0.5) is 4.39 Å². The van der Waals surface area contributed by atoms with Crippen LogP contribution in [0, 0.1) is 5.82 Å². The third-order valence-electron chi connectivity index (χ3n) is 7.51. The normalized spacial score (nSPS) is 11.4. The summed E-state index contributed by atoms with van der Waals surface area (Å²) in [5, 5.41) is 2.41. The predicted octanol–water partition coefficient (Wildman–Crippen LogP) is 3.57. The Morgan fingerprint density at radius 3 is 2.36 bits per heavy atom. The summed E-state index contributed by atoms with van der Waals surface area (Å²) in [5.41, 5.74) is 4.66. The van der Waals surface area contributed by atoms with E-state index in [4.69, 9.17) is 9.72 Å². The van der Waals surface area contributed by atoms with Crippen LogP contribution in [0.5, 0.6) is 0 Å². The van der Waals surface area contributed by atoms with E-state index in [9.17, 15) is 18.8 Å². The minimum Gasteiger partial charge on any atom is -0.465 e. The van der Waals surface area contributed by atoms with E-state index in [0.29, 0.717) is 44.9 Å². The van der Waals surface area contributed by atoms with Crippen LogP contribution in [0.15, 0.2) is 65.8 Å². The summed E-state index contributed by atoms with van der Waals surface area (Å²) >= 11 is 0. The largest absolute Gasteiger partial charge is 0.465 e. The van der Waals surface area contributed by atoms with E-state index in [2.05, 4.69) is 10.3 Å². The maximum absolute atomic E-state index is 15.0. The number of nitrogens with zero attached hydrogens (tertiary/aromatic N) is 6. The fourth-order valence-corrected chi connectivity index (χ4v) is 5.28. The molecule has 3 heterocycles. The number of aromatic nitrogens is 6. The second-order valence-corrected chi connectivity index (χ2v) is 9.89. The van der Waals surface area contributed by atoms with E-state index in [1.807, 2.05) is 34.4 Å². The third-order valence-corrected chi connectivity index (χ3v) is 7.51. The van der Waals surface area contributed by atoms with Gasteiger partial charge in [-0.15, -0.1) is 0 Å². The molecule has 1 N–H and O–H groups in total. The minimum atomic E-state index is -0.731. The number of hydrogen-bond acceptors (Lipinski definition) is 6. The Hall–Kier alpha value is -5.52. The highest BCUT2D eigenvalue weighted by Crippen LogP contribution is 2.35. The summed E-state index contributed by atoms with van der Waals surface area (Å²) in [6.45, 7) is 0. The van der Waals surface area contributed by atoms with E-state index in [-0.39, 0.29) is 16.8 Å². The van der Waals surface area contributed by atoms with Crippen LogP contribution in [0.2, 0.25) is 0 Å². The van der Waals surface area contributed by atoms with Crippen molar-refractivity contribution in [3.05, 3.63) is 88.5 Å². The summed E-state index contributed by atoms with van der Waals surface area (Å²) in [6.07, 6.45) is 3.34. The number of benzene rings is 3. The van der Waals surface area contributed by atoms with Gasteiger partial charge >= 0.3 is 11.7 Å². The first kappa shape index (κ1) is 26.7. The lowest BCUT2D eigenvalue weighted by Gasteiger charge is -2.13. The Balaban J connectivity index is 1.66. The lowest BCUT2D eigenvalue weighted by Crippen LogP contribution is -2.19. The number of imidazole rings is 3.